The maximum absolute atomic E-state index is 12.5. The third-order valence-electron chi connectivity index (χ3n) is 3.84. The molecule has 106 valence electrons. The molecule has 1 rings (SSSR count). The van der Waals surface area contributed by atoms with Gasteiger partial charge < -0.3 is 15.7 Å². The van der Waals surface area contributed by atoms with E-state index >= 15 is 0 Å². The van der Waals surface area contributed by atoms with Gasteiger partial charge in [-0.3, -0.25) is 4.79 Å². The maximum atomic E-state index is 12.5. The van der Waals surface area contributed by atoms with Crippen LogP contribution in [0.25, 0.3) is 0 Å². The maximum Gasteiger partial charge on any atom is 0.240 e. The second-order valence-corrected chi connectivity index (χ2v) is 6.39. The van der Waals surface area contributed by atoms with E-state index in [2.05, 4.69) is 0 Å². The molecule has 0 aromatic rings. The zero-order valence-electron chi connectivity index (χ0n) is 12.0. The van der Waals surface area contributed by atoms with Crippen molar-refractivity contribution in [3.8, 4) is 0 Å². The molecule has 4 heteroatoms. The van der Waals surface area contributed by atoms with Gasteiger partial charge in [0.1, 0.15) is 0 Å². The highest BCUT2D eigenvalue weighted by molar-refractivity contribution is 5.82. The van der Waals surface area contributed by atoms with E-state index in [1.165, 1.54) is 19.3 Å². The standard InChI is InChI=1S/C14H28N2O2/c1-14(2,3)12(15)13(18)16(9-10-17)11-7-5-4-6-8-11/h11-12,17H,4-10,15H2,1-3H3. The van der Waals surface area contributed by atoms with Gasteiger partial charge >= 0.3 is 0 Å². The molecule has 0 heterocycles. The Balaban J connectivity index is 2.73. The van der Waals surface area contributed by atoms with E-state index in [0.29, 0.717) is 6.54 Å². The van der Waals surface area contributed by atoms with E-state index in [0.717, 1.165) is 12.8 Å². The minimum absolute atomic E-state index is 0.0107. The molecule has 1 aliphatic rings. The molecular formula is C14H28N2O2. The van der Waals surface area contributed by atoms with Gasteiger partial charge in [0.05, 0.1) is 12.6 Å². The van der Waals surface area contributed by atoms with Crippen molar-refractivity contribution in [3.05, 3.63) is 0 Å². The second-order valence-electron chi connectivity index (χ2n) is 6.39. The average Bonchev–Trinajstić information content (AvgIpc) is 2.34. The lowest BCUT2D eigenvalue weighted by molar-refractivity contribution is -0.138. The van der Waals surface area contributed by atoms with E-state index in [4.69, 9.17) is 10.8 Å². The Hall–Kier alpha value is -0.610. The van der Waals surface area contributed by atoms with Crippen molar-refractivity contribution in [2.45, 2.75) is 65.0 Å². The number of aliphatic hydroxyl groups excluding tert-OH is 1. The average molecular weight is 256 g/mol. The van der Waals surface area contributed by atoms with Gasteiger partial charge in [-0.25, -0.2) is 0 Å². The first-order valence-corrected chi connectivity index (χ1v) is 7.05. The summed E-state index contributed by atoms with van der Waals surface area (Å²) < 4.78 is 0. The topological polar surface area (TPSA) is 66.6 Å². The molecule has 0 aromatic carbocycles. The van der Waals surface area contributed by atoms with Gasteiger partial charge in [0.2, 0.25) is 5.91 Å². The molecule has 0 aromatic heterocycles. The molecule has 18 heavy (non-hydrogen) atoms. The molecule has 3 N–H and O–H groups in total. The Labute approximate surface area is 111 Å². The largest absolute Gasteiger partial charge is 0.395 e. The van der Waals surface area contributed by atoms with Crippen molar-refractivity contribution < 1.29 is 9.90 Å². The lowest BCUT2D eigenvalue weighted by Crippen LogP contribution is -2.54. The van der Waals surface area contributed by atoms with Gasteiger partial charge in [-0.1, -0.05) is 40.0 Å². The summed E-state index contributed by atoms with van der Waals surface area (Å²) in [6.45, 7) is 6.36. The fourth-order valence-corrected chi connectivity index (χ4v) is 2.52. The van der Waals surface area contributed by atoms with Gasteiger partial charge in [0, 0.05) is 12.6 Å². The number of rotatable bonds is 4. The molecule has 1 atom stereocenters. The number of carbonyl (C=O) groups excluding carboxylic acids is 1. The van der Waals surface area contributed by atoms with E-state index in [9.17, 15) is 4.79 Å². The van der Waals surface area contributed by atoms with E-state index < -0.39 is 6.04 Å². The summed E-state index contributed by atoms with van der Waals surface area (Å²) in [6.07, 6.45) is 5.68. The lowest BCUT2D eigenvalue weighted by atomic mass is 9.85. The van der Waals surface area contributed by atoms with Crippen molar-refractivity contribution in [3.63, 3.8) is 0 Å². The first-order valence-electron chi connectivity index (χ1n) is 7.05. The van der Waals surface area contributed by atoms with Gasteiger partial charge in [-0.05, 0) is 18.3 Å². The fraction of sp³-hybridized carbons (Fsp3) is 0.929. The van der Waals surface area contributed by atoms with Crippen LogP contribution in [0.15, 0.2) is 0 Å². The minimum Gasteiger partial charge on any atom is -0.395 e. The molecule has 1 fully saturated rings. The second kappa shape index (κ2) is 6.53. The third kappa shape index (κ3) is 3.95. The lowest BCUT2D eigenvalue weighted by Gasteiger charge is -2.38. The molecule has 1 unspecified atom stereocenters. The number of amides is 1. The van der Waals surface area contributed by atoms with E-state index in [-0.39, 0.29) is 24.0 Å². The monoisotopic (exact) mass is 256 g/mol. The smallest absolute Gasteiger partial charge is 0.240 e. The third-order valence-corrected chi connectivity index (χ3v) is 3.84. The number of hydrogen-bond acceptors (Lipinski definition) is 3. The normalized spacial score (nSPS) is 19.6. The highest BCUT2D eigenvalue weighted by atomic mass is 16.3. The molecule has 1 amide bonds. The predicted molar refractivity (Wildman–Crippen MR) is 73.1 cm³/mol. The van der Waals surface area contributed by atoms with Crippen LogP contribution in [-0.4, -0.2) is 41.1 Å². The SMILES string of the molecule is CC(C)(C)C(N)C(=O)N(CCO)C1CCCCC1. The Kier molecular flexibility index (Phi) is 5.60. The summed E-state index contributed by atoms with van der Waals surface area (Å²) in [5, 5.41) is 9.17. The van der Waals surface area contributed by atoms with Gasteiger partial charge in [0.15, 0.2) is 0 Å². The molecule has 1 saturated carbocycles. The number of nitrogens with two attached hydrogens (primary N) is 1. The molecule has 0 spiro atoms. The summed E-state index contributed by atoms with van der Waals surface area (Å²) in [4.78, 5) is 14.3. The van der Waals surface area contributed by atoms with Crippen LogP contribution in [-0.2, 0) is 4.79 Å². The fourth-order valence-electron chi connectivity index (χ4n) is 2.52. The van der Waals surface area contributed by atoms with Gasteiger partial charge in [0.25, 0.3) is 0 Å². The van der Waals surface area contributed by atoms with Crippen molar-refractivity contribution in [1.29, 1.82) is 0 Å². The Bertz CT molecular complexity index is 267. The summed E-state index contributed by atoms with van der Waals surface area (Å²) in [6, 6.07) is -0.224. The van der Waals surface area contributed by atoms with Gasteiger partial charge in [-0.15, -0.1) is 0 Å². The van der Waals surface area contributed by atoms with Gasteiger partial charge in [-0.2, -0.15) is 0 Å². The van der Waals surface area contributed by atoms with E-state index in [1.54, 1.807) is 0 Å². The number of nitrogens with zero attached hydrogens (tertiary/aromatic N) is 1. The van der Waals surface area contributed by atoms with Crippen LogP contribution in [0, 0.1) is 5.41 Å². The van der Waals surface area contributed by atoms with Crippen molar-refractivity contribution in [2.24, 2.45) is 11.1 Å². The molecular weight excluding hydrogens is 228 g/mol. The number of hydrogen-bond donors (Lipinski definition) is 2. The summed E-state index contributed by atoms with van der Waals surface area (Å²) in [5.41, 5.74) is 5.82. The number of aliphatic hydroxyl groups is 1. The van der Waals surface area contributed by atoms with Crippen LogP contribution in [0.5, 0.6) is 0 Å². The van der Waals surface area contributed by atoms with Crippen LogP contribution < -0.4 is 5.73 Å². The van der Waals surface area contributed by atoms with E-state index in [1.807, 2.05) is 25.7 Å². The van der Waals surface area contributed by atoms with Crippen LogP contribution in [0.4, 0.5) is 0 Å². The first-order chi connectivity index (χ1) is 8.38. The van der Waals surface area contributed by atoms with Crippen molar-refractivity contribution in [1.82, 2.24) is 4.90 Å². The zero-order chi connectivity index (χ0) is 13.8. The summed E-state index contributed by atoms with van der Waals surface area (Å²) >= 11 is 0. The molecule has 4 nitrogen and oxygen atoms in total. The first kappa shape index (κ1) is 15.4. The summed E-state index contributed by atoms with van der Waals surface area (Å²) in [5.74, 6) is -0.0107. The Morgan fingerprint density at radius 2 is 1.89 bits per heavy atom. The summed E-state index contributed by atoms with van der Waals surface area (Å²) in [7, 11) is 0. The zero-order valence-corrected chi connectivity index (χ0v) is 12.0. The number of carbonyl (C=O) groups is 1. The molecule has 0 aliphatic heterocycles. The van der Waals surface area contributed by atoms with Crippen LogP contribution >= 0.6 is 0 Å². The quantitative estimate of drug-likeness (QED) is 0.801. The van der Waals surface area contributed by atoms with Crippen LogP contribution in [0.2, 0.25) is 0 Å². The molecule has 0 radical (unpaired) electrons. The van der Waals surface area contributed by atoms with Crippen molar-refractivity contribution >= 4 is 5.91 Å². The van der Waals surface area contributed by atoms with Crippen molar-refractivity contribution in [2.75, 3.05) is 13.2 Å². The van der Waals surface area contributed by atoms with Crippen LogP contribution in [0.1, 0.15) is 52.9 Å². The predicted octanol–water partition coefficient (Wildman–Crippen LogP) is 1.51. The highest BCUT2D eigenvalue weighted by Gasteiger charge is 2.34. The Morgan fingerprint density at radius 1 is 1.33 bits per heavy atom. The molecule has 1 aliphatic carbocycles. The molecule has 0 bridgehead atoms. The Morgan fingerprint density at radius 3 is 2.33 bits per heavy atom. The van der Waals surface area contributed by atoms with Crippen LogP contribution in [0.3, 0.4) is 0 Å². The highest BCUT2D eigenvalue weighted by Crippen LogP contribution is 2.25. The minimum atomic E-state index is -0.494. The molecule has 0 saturated heterocycles.